The highest BCUT2D eigenvalue weighted by molar-refractivity contribution is 7.17. The maximum Gasteiger partial charge on any atom is 0.174 e. The zero-order valence-corrected chi connectivity index (χ0v) is 11.4. The monoisotopic (exact) mass is 261 g/mol. The summed E-state index contributed by atoms with van der Waals surface area (Å²) in [7, 11) is 1.92. The fourth-order valence-electron chi connectivity index (χ4n) is 2.36. The molecule has 0 spiro atoms. The molecule has 0 saturated heterocycles. The van der Waals surface area contributed by atoms with Gasteiger partial charge in [-0.05, 0) is 19.3 Å². The number of thiazole rings is 1. The molecule has 3 rings (SSSR count). The van der Waals surface area contributed by atoms with Crippen molar-refractivity contribution in [3.63, 3.8) is 0 Å². The summed E-state index contributed by atoms with van der Waals surface area (Å²) in [5, 5.41) is 5.37. The van der Waals surface area contributed by atoms with Crippen LogP contribution in [0, 0.1) is 0 Å². The standard InChI is InChI=1S/C13H15N3OS/c1-3-9-8(7-16(2)15-9)13-14-10-5-4-6-11(17)12(10)18-13/h7H,3-6H2,1-2H3. The Morgan fingerprint density at radius 3 is 3.00 bits per heavy atom. The molecule has 94 valence electrons. The summed E-state index contributed by atoms with van der Waals surface area (Å²) in [6.45, 7) is 2.09. The van der Waals surface area contributed by atoms with Crippen molar-refractivity contribution in [2.45, 2.75) is 32.6 Å². The number of aromatic nitrogens is 3. The van der Waals surface area contributed by atoms with Gasteiger partial charge >= 0.3 is 0 Å². The van der Waals surface area contributed by atoms with Gasteiger partial charge in [-0.1, -0.05) is 6.92 Å². The molecule has 0 amide bonds. The van der Waals surface area contributed by atoms with Gasteiger partial charge in [0.15, 0.2) is 5.78 Å². The van der Waals surface area contributed by atoms with E-state index < -0.39 is 0 Å². The minimum absolute atomic E-state index is 0.252. The predicted octanol–water partition coefficient (Wildman–Crippen LogP) is 2.63. The van der Waals surface area contributed by atoms with Crippen LogP contribution in [-0.2, 0) is 19.9 Å². The summed E-state index contributed by atoms with van der Waals surface area (Å²) in [6.07, 6.45) is 5.41. The fraction of sp³-hybridized carbons (Fsp3) is 0.462. The Hall–Kier alpha value is -1.49. The Morgan fingerprint density at radius 1 is 1.44 bits per heavy atom. The average molecular weight is 261 g/mol. The number of hydrogen-bond donors (Lipinski definition) is 0. The molecule has 0 bridgehead atoms. The van der Waals surface area contributed by atoms with Crippen molar-refractivity contribution in [1.82, 2.24) is 14.8 Å². The predicted molar refractivity (Wildman–Crippen MR) is 71.0 cm³/mol. The van der Waals surface area contributed by atoms with Crippen LogP contribution in [0.3, 0.4) is 0 Å². The first-order valence-corrected chi connectivity index (χ1v) is 7.06. The van der Waals surface area contributed by atoms with Crippen LogP contribution >= 0.6 is 11.3 Å². The number of carbonyl (C=O) groups is 1. The number of rotatable bonds is 2. The van der Waals surface area contributed by atoms with E-state index in [1.807, 2.05) is 17.9 Å². The number of carbonyl (C=O) groups excluding carboxylic acids is 1. The summed E-state index contributed by atoms with van der Waals surface area (Å²) in [4.78, 5) is 17.3. The van der Waals surface area contributed by atoms with Crippen molar-refractivity contribution in [2.75, 3.05) is 0 Å². The van der Waals surface area contributed by atoms with Gasteiger partial charge in [-0.15, -0.1) is 11.3 Å². The molecule has 5 heteroatoms. The van der Waals surface area contributed by atoms with Gasteiger partial charge in [0.2, 0.25) is 0 Å². The lowest BCUT2D eigenvalue weighted by Gasteiger charge is -2.06. The van der Waals surface area contributed by atoms with E-state index in [0.717, 1.165) is 46.1 Å². The van der Waals surface area contributed by atoms with Gasteiger partial charge in [-0.25, -0.2) is 4.98 Å². The fourth-order valence-corrected chi connectivity index (χ4v) is 3.47. The third-order valence-electron chi connectivity index (χ3n) is 3.24. The van der Waals surface area contributed by atoms with Crippen molar-refractivity contribution in [3.8, 4) is 10.6 Å². The van der Waals surface area contributed by atoms with Crippen molar-refractivity contribution in [1.29, 1.82) is 0 Å². The molecule has 2 aromatic rings. The number of nitrogens with zero attached hydrogens (tertiary/aromatic N) is 3. The van der Waals surface area contributed by atoms with Crippen molar-refractivity contribution in [2.24, 2.45) is 7.05 Å². The summed E-state index contributed by atoms with van der Waals surface area (Å²) in [6, 6.07) is 0. The number of Topliss-reactive ketones (excluding diaryl/α,β-unsaturated/α-hetero) is 1. The SMILES string of the molecule is CCc1nn(C)cc1-c1nc2c(s1)C(=O)CCC2. The molecule has 0 saturated carbocycles. The molecule has 0 N–H and O–H groups in total. The molecule has 1 aliphatic carbocycles. The van der Waals surface area contributed by atoms with E-state index in [2.05, 4.69) is 17.0 Å². The molecule has 0 aliphatic heterocycles. The maximum absolute atomic E-state index is 11.8. The second kappa shape index (κ2) is 4.31. The Balaban J connectivity index is 2.09. The number of ketones is 1. The van der Waals surface area contributed by atoms with Crippen molar-refractivity contribution < 1.29 is 4.79 Å². The van der Waals surface area contributed by atoms with E-state index in [-0.39, 0.29) is 5.78 Å². The van der Waals surface area contributed by atoms with E-state index in [0.29, 0.717) is 6.42 Å². The lowest BCUT2D eigenvalue weighted by atomic mass is 10.0. The van der Waals surface area contributed by atoms with E-state index in [4.69, 9.17) is 0 Å². The highest BCUT2D eigenvalue weighted by Gasteiger charge is 2.23. The van der Waals surface area contributed by atoms with Gasteiger partial charge in [-0.2, -0.15) is 5.10 Å². The normalized spacial score (nSPS) is 14.9. The van der Waals surface area contributed by atoms with Crippen LogP contribution in [-0.4, -0.2) is 20.5 Å². The van der Waals surface area contributed by atoms with Crippen molar-refractivity contribution in [3.05, 3.63) is 22.5 Å². The molecular formula is C13H15N3OS. The van der Waals surface area contributed by atoms with Gasteiger partial charge in [0, 0.05) is 19.7 Å². The number of aryl methyl sites for hydroxylation is 3. The molecule has 0 aromatic carbocycles. The Bertz CT molecular complexity index is 612. The molecule has 2 heterocycles. The summed E-state index contributed by atoms with van der Waals surface area (Å²) in [5.41, 5.74) is 3.11. The zero-order valence-electron chi connectivity index (χ0n) is 10.6. The summed E-state index contributed by atoms with van der Waals surface area (Å²) < 4.78 is 1.82. The topological polar surface area (TPSA) is 47.8 Å². The molecule has 2 aromatic heterocycles. The lowest BCUT2D eigenvalue weighted by Crippen LogP contribution is -2.07. The second-order valence-electron chi connectivity index (χ2n) is 4.59. The molecular weight excluding hydrogens is 246 g/mol. The van der Waals surface area contributed by atoms with Crippen LogP contribution in [0.1, 0.15) is 40.8 Å². The summed E-state index contributed by atoms with van der Waals surface area (Å²) in [5.74, 6) is 0.252. The van der Waals surface area contributed by atoms with Crippen LogP contribution in [0.2, 0.25) is 0 Å². The molecule has 4 nitrogen and oxygen atoms in total. The Morgan fingerprint density at radius 2 is 2.28 bits per heavy atom. The highest BCUT2D eigenvalue weighted by atomic mass is 32.1. The molecule has 0 atom stereocenters. The first-order valence-electron chi connectivity index (χ1n) is 6.25. The van der Waals surface area contributed by atoms with E-state index in [1.54, 1.807) is 0 Å². The largest absolute Gasteiger partial charge is 0.293 e. The average Bonchev–Trinajstić information content (AvgIpc) is 2.92. The van der Waals surface area contributed by atoms with Crippen LogP contribution < -0.4 is 0 Å². The summed E-state index contributed by atoms with van der Waals surface area (Å²) >= 11 is 1.53. The van der Waals surface area contributed by atoms with Gasteiger partial charge in [0.05, 0.1) is 21.8 Å². The Kier molecular flexibility index (Phi) is 2.78. The number of fused-ring (bicyclic) bond motifs is 1. The zero-order chi connectivity index (χ0) is 12.7. The molecule has 0 fully saturated rings. The van der Waals surface area contributed by atoms with E-state index in [1.165, 1.54) is 11.3 Å². The first kappa shape index (κ1) is 11.6. The third-order valence-corrected chi connectivity index (χ3v) is 4.41. The van der Waals surface area contributed by atoms with Crippen LogP contribution in [0.15, 0.2) is 6.20 Å². The third kappa shape index (κ3) is 1.79. The van der Waals surface area contributed by atoms with E-state index in [9.17, 15) is 4.79 Å². The van der Waals surface area contributed by atoms with Gasteiger partial charge in [0.25, 0.3) is 0 Å². The Labute approximate surface area is 110 Å². The molecule has 0 unspecified atom stereocenters. The van der Waals surface area contributed by atoms with Crippen LogP contribution in [0.5, 0.6) is 0 Å². The maximum atomic E-state index is 11.8. The van der Waals surface area contributed by atoms with Gasteiger partial charge < -0.3 is 0 Å². The molecule has 18 heavy (non-hydrogen) atoms. The number of hydrogen-bond acceptors (Lipinski definition) is 4. The van der Waals surface area contributed by atoms with Crippen LogP contribution in [0.25, 0.3) is 10.6 Å². The van der Waals surface area contributed by atoms with Gasteiger partial charge in [-0.3, -0.25) is 9.48 Å². The molecule has 0 radical (unpaired) electrons. The molecule has 1 aliphatic rings. The van der Waals surface area contributed by atoms with Crippen molar-refractivity contribution >= 4 is 17.1 Å². The first-order chi connectivity index (χ1) is 8.69. The van der Waals surface area contributed by atoms with Gasteiger partial charge in [0.1, 0.15) is 5.01 Å². The lowest BCUT2D eigenvalue weighted by molar-refractivity contribution is 0.0976. The van der Waals surface area contributed by atoms with E-state index >= 15 is 0 Å². The smallest absolute Gasteiger partial charge is 0.174 e. The second-order valence-corrected chi connectivity index (χ2v) is 5.59. The minimum Gasteiger partial charge on any atom is -0.293 e. The quantitative estimate of drug-likeness (QED) is 0.835. The minimum atomic E-state index is 0.252. The highest BCUT2D eigenvalue weighted by Crippen LogP contribution is 2.33. The van der Waals surface area contributed by atoms with Crippen LogP contribution in [0.4, 0.5) is 0 Å².